The van der Waals surface area contributed by atoms with E-state index in [1.807, 2.05) is 25.1 Å². The van der Waals surface area contributed by atoms with Crippen molar-refractivity contribution in [2.24, 2.45) is 5.73 Å². The Kier molecular flexibility index (Phi) is 4.09. The van der Waals surface area contributed by atoms with E-state index in [1.165, 1.54) is 5.56 Å². The van der Waals surface area contributed by atoms with Gasteiger partial charge in [-0.2, -0.15) is 0 Å². The normalized spacial score (nSPS) is 12.4. The first kappa shape index (κ1) is 13.2. The molecule has 2 rings (SSSR count). The predicted octanol–water partition coefficient (Wildman–Crippen LogP) is 3.77. The summed E-state index contributed by atoms with van der Waals surface area (Å²) < 4.78 is 6.67. The third-order valence-corrected chi connectivity index (χ3v) is 3.18. The van der Waals surface area contributed by atoms with Crippen molar-refractivity contribution in [3.8, 4) is 0 Å². The van der Waals surface area contributed by atoms with Crippen LogP contribution in [0.4, 0.5) is 5.69 Å². The lowest BCUT2D eigenvalue weighted by Crippen LogP contribution is -2.20. The first-order valence-corrected chi connectivity index (χ1v) is 6.68. The number of nitrogens with one attached hydrogen (secondary N) is 1. The maximum absolute atomic E-state index is 5.80. The summed E-state index contributed by atoms with van der Waals surface area (Å²) >= 11 is 3.49. The van der Waals surface area contributed by atoms with Gasteiger partial charge >= 0.3 is 0 Å². The zero-order valence-corrected chi connectivity index (χ0v) is 12.1. The molecule has 1 unspecified atom stereocenters. The SMILES string of the molecule is Cc1cc(Br)cc(NC(CN)c2ccc(C)o2)c1. The Hall–Kier alpha value is -1.26. The largest absolute Gasteiger partial charge is 0.464 e. The number of nitrogens with two attached hydrogens (primary N) is 1. The molecule has 1 aromatic carbocycles. The summed E-state index contributed by atoms with van der Waals surface area (Å²) in [6.45, 7) is 4.48. The van der Waals surface area contributed by atoms with Crippen molar-refractivity contribution >= 4 is 21.6 Å². The number of halogens is 1. The number of rotatable bonds is 4. The molecular weight excluding hydrogens is 292 g/mol. The summed E-state index contributed by atoms with van der Waals surface area (Å²) in [7, 11) is 0. The molecule has 0 saturated heterocycles. The highest BCUT2D eigenvalue weighted by Gasteiger charge is 2.13. The number of hydrogen-bond acceptors (Lipinski definition) is 3. The molecule has 0 aliphatic heterocycles. The predicted molar refractivity (Wildman–Crippen MR) is 77.7 cm³/mol. The molecule has 0 amide bonds. The van der Waals surface area contributed by atoms with Crippen LogP contribution in [-0.2, 0) is 0 Å². The maximum atomic E-state index is 5.80. The number of anilines is 1. The number of aryl methyl sites for hydroxylation is 2. The molecule has 1 aromatic heterocycles. The first-order valence-electron chi connectivity index (χ1n) is 5.88. The number of furan rings is 1. The van der Waals surface area contributed by atoms with Gasteiger partial charge < -0.3 is 15.5 Å². The minimum absolute atomic E-state index is 0.00704. The second kappa shape index (κ2) is 5.59. The lowest BCUT2D eigenvalue weighted by atomic mass is 10.2. The third kappa shape index (κ3) is 3.15. The van der Waals surface area contributed by atoms with Crippen LogP contribution in [0, 0.1) is 13.8 Å². The van der Waals surface area contributed by atoms with Crippen molar-refractivity contribution in [1.82, 2.24) is 0 Å². The summed E-state index contributed by atoms with van der Waals surface area (Å²) in [4.78, 5) is 0. The van der Waals surface area contributed by atoms with Gasteiger partial charge in [-0.1, -0.05) is 15.9 Å². The molecule has 0 radical (unpaired) electrons. The standard InChI is InChI=1S/C14H17BrN2O/c1-9-5-11(15)7-12(6-9)17-13(8-16)14-4-3-10(2)18-14/h3-7,13,17H,8,16H2,1-2H3. The lowest BCUT2D eigenvalue weighted by molar-refractivity contribution is 0.459. The van der Waals surface area contributed by atoms with Crippen molar-refractivity contribution in [1.29, 1.82) is 0 Å². The van der Waals surface area contributed by atoms with Gasteiger partial charge in [0.05, 0.1) is 6.04 Å². The van der Waals surface area contributed by atoms with E-state index in [2.05, 4.69) is 40.3 Å². The smallest absolute Gasteiger partial charge is 0.127 e. The fraction of sp³-hybridized carbons (Fsp3) is 0.286. The van der Waals surface area contributed by atoms with Crippen LogP contribution in [0.2, 0.25) is 0 Å². The molecule has 0 aliphatic carbocycles. The molecule has 0 spiro atoms. The van der Waals surface area contributed by atoms with Crippen molar-refractivity contribution in [3.05, 3.63) is 51.9 Å². The van der Waals surface area contributed by atoms with Crippen LogP contribution in [0.3, 0.4) is 0 Å². The van der Waals surface area contributed by atoms with Crippen LogP contribution < -0.4 is 11.1 Å². The van der Waals surface area contributed by atoms with E-state index in [0.717, 1.165) is 21.7 Å². The quantitative estimate of drug-likeness (QED) is 0.904. The molecule has 96 valence electrons. The van der Waals surface area contributed by atoms with Gasteiger partial charge in [-0.05, 0) is 49.7 Å². The van der Waals surface area contributed by atoms with E-state index in [-0.39, 0.29) is 6.04 Å². The minimum Gasteiger partial charge on any atom is -0.464 e. The second-order valence-corrected chi connectivity index (χ2v) is 5.31. The van der Waals surface area contributed by atoms with Gasteiger partial charge in [0.1, 0.15) is 11.5 Å². The molecule has 3 N–H and O–H groups in total. The summed E-state index contributed by atoms with van der Waals surface area (Å²) in [6.07, 6.45) is 0. The van der Waals surface area contributed by atoms with Gasteiger partial charge in [0.15, 0.2) is 0 Å². The van der Waals surface area contributed by atoms with Gasteiger partial charge in [0, 0.05) is 16.7 Å². The van der Waals surface area contributed by atoms with E-state index in [1.54, 1.807) is 0 Å². The Morgan fingerprint density at radius 3 is 2.61 bits per heavy atom. The van der Waals surface area contributed by atoms with E-state index < -0.39 is 0 Å². The van der Waals surface area contributed by atoms with Crippen molar-refractivity contribution in [3.63, 3.8) is 0 Å². The van der Waals surface area contributed by atoms with Gasteiger partial charge in [0.25, 0.3) is 0 Å². The molecule has 0 aliphatic rings. The van der Waals surface area contributed by atoms with Gasteiger partial charge in [-0.3, -0.25) is 0 Å². The van der Waals surface area contributed by atoms with Crippen LogP contribution in [0.25, 0.3) is 0 Å². The van der Waals surface area contributed by atoms with E-state index >= 15 is 0 Å². The highest BCUT2D eigenvalue weighted by atomic mass is 79.9. The summed E-state index contributed by atoms with van der Waals surface area (Å²) in [6, 6.07) is 10.1. The number of hydrogen-bond donors (Lipinski definition) is 2. The Labute approximate surface area is 115 Å². The molecular formula is C14H17BrN2O. The zero-order chi connectivity index (χ0) is 13.1. The monoisotopic (exact) mass is 308 g/mol. The first-order chi connectivity index (χ1) is 8.58. The van der Waals surface area contributed by atoms with Crippen LogP contribution in [-0.4, -0.2) is 6.54 Å². The lowest BCUT2D eigenvalue weighted by Gasteiger charge is -2.16. The Balaban J connectivity index is 2.20. The summed E-state index contributed by atoms with van der Waals surface area (Å²) in [5, 5.41) is 3.39. The average Bonchev–Trinajstić information content (AvgIpc) is 2.71. The van der Waals surface area contributed by atoms with E-state index in [4.69, 9.17) is 10.2 Å². The van der Waals surface area contributed by atoms with E-state index in [0.29, 0.717) is 6.54 Å². The molecule has 1 atom stereocenters. The van der Waals surface area contributed by atoms with Crippen LogP contribution >= 0.6 is 15.9 Å². The highest BCUT2D eigenvalue weighted by molar-refractivity contribution is 9.10. The summed E-state index contributed by atoms with van der Waals surface area (Å²) in [5.74, 6) is 1.77. The van der Waals surface area contributed by atoms with Crippen LogP contribution in [0.15, 0.2) is 39.2 Å². The molecule has 0 bridgehead atoms. The molecule has 3 nitrogen and oxygen atoms in total. The Morgan fingerprint density at radius 2 is 2.06 bits per heavy atom. The fourth-order valence-corrected chi connectivity index (χ4v) is 2.52. The molecule has 0 saturated carbocycles. The molecule has 18 heavy (non-hydrogen) atoms. The average molecular weight is 309 g/mol. The van der Waals surface area contributed by atoms with Gasteiger partial charge in [-0.25, -0.2) is 0 Å². The van der Waals surface area contributed by atoms with Crippen LogP contribution in [0.5, 0.6) is 0 Å². The number of benzene rings is 1. The fourth-order valence-electron chi connectivity index (χ4n) is 1.91. The zero-order valence-electron chi connectivity index (χ0n) is 10.5. The van der Waals surface area contributed by atoms with Crippen LogP contribution in [0.1, 0.15) is 23.1 Å². The molecule has 2 aromatic rings. The molecule has 0 fully saturated rings. The summed E-state index contributed by atoms with van der Waals surface area (Å²) in [5.41, 5.74) is 8.03. The van der Waals surface area contributed by atoms with Gasteiger partial charge in [-0.15, -0.1) is 0 Å². The molecule has 1 heterocycles. The van der Waals surface area contributed by atoms with Crippen molar-refractivity contribution < 1.29 is 4.42 Å². The third-order valence-electron chi connectivity index (χ3n) is 2.72. The molecule has 4 heteroatoms. The topological polar surface area (TPSA) is 51.2 Å². The highest BCUT2D eigenvalue weighted by Crippen LogP contribution is 2.24. The van der Waals surface area contributed by atoms with Gasteiger partial charge in [0.2, 0.25) is 0 Å². The maximum Gasteiger partial charge on any atom is 0.127 e. The second-order valence-electron chi connectivity index (χ2n) is 4.40. The van der Waals surface area contributed by atoms with Crippen molar-refractivity contribution in [2.75, 3.05) is 11.9 Å². The van der Waals surface area contributed by atoms with Crippen molar-refractivity contribution in [2.45, 2.75) is 19.9 Å². The Bertz CT molecular complexity index is 516. The minimum atomic E-state index is -0.00704. The Morgan fingerprint density at radius 1 is 1.28 bits per heavy atom. The van der Waals surface area contributed by atoms with E-state index in [9.17, 15) is 0 Å².